The highest BCUT2D eigenvalue weighted by Gasteiger charge is 2.21. The lowest BCUT2D eigenvalue weighted by Gasteiger charge is -2.02. The fourth-order valence-electron chi connectivity index (χ4n) is 1.68. The highest BCUT2D eigenvalue weighted by Crippen LogP contribution is 2.40. The number of esters is 1. The van der Waals surface area contributed by atoms with Crippen molar-refractivity contribution in [2.45, 2.75) is 31.4 Å². The minimum atomic E-state index is -0.182. The zero-order valence-electron chi connectivity index (χ0n) is 9.27. The van der Waals surface area contributed by atoms with Crippen LogP contribution >= 0.6 is 23.1 Å². The first-order chi connectivity index (χ1) is 7.79. The van der Waals surface area contributed by atoms with Gasteiger partial charge in [0.05, 0.1) is 24.0 Å². The van der Waals surface area contributed by atoms with Gasteiger partial charge in [0.2, 0.25) is 0 Å². The summed E-state index contributed by atoms with van der Waals surface area (Å²) in [6.45, 7) is 2.26. The molecule has 0 spiro atoms. The number of ether oxygens (including phenoxy) is 1. The van der Waals surface area contributed by atoms with Crippen molar-refractivity contribution < 1.29 is 9.53 Å². The van der Waals surface area contributed by atoms with Crippen molar-refractivity contribution >= 4 is 29.1 Å². The highest BCUT2D eigenvalue weighted by atomic mass is 32.2. The molecule has 0 amide bonds. The van der Waals surface area contributed by atoms with Gasteiger partial charge < -0.3 is 4.74 Å². The Morgan fingerprint density at radius 1 is 1.69 bits per heavy atom. The largest absolute Gasteiger partial charge is 0.466 e. The normalized spacial score (nSPS) is 19.9. The molecule has 88 valence electrons. The summed E-state index contributed by atoms with van der Waals surface area (Å²) in [6, 6.07) is 0. The van der Waals surface area contributed by atoms with Gasteiger partial charge in [-0.3, -0.25) is 4.79 Å². The van der Waals surface area contributed by atoms with Crippen LogP contribution in [0.2, 0.25) is 0 Å². The summed E-state index contributed by atoms with van der Waals surface area (Å²) in [6.07, 6.45) is 2.81. The van der Waals surface area contributed by atoms with Crippen LogP contribution in [-0.2, 0) is 16.0 Å². The molecule has 16 heavy (non-hydrogen) atoms. The van der Waals surface area contributed by atoms with Crippen LogP contribution in [-0.4, -0.2) is 23.3 Å². The number of nitrogens with zero attached hydrogens (tertiary/aromatic N) is 1. The first kappa shape index (κ1) is 11.9. The van der Waals surface area contributed by atoms with Gasteiger partial charge in [-0.15, -0.1) is 11.3 Å². The van der Waals surface area contributed by atoms with Crippen LogP contribution in [0.15, 0.2) is 5.38 Å². The standard InChI is InChI=1S/C11H15NO2S2/c1-2-14-10(13)6-8-7-16-11(12-8)9-4-3-5-15-9/h7,9H,2-6H2,1H3. The first-order valence-corrected chi connectivity index (χ1v) is 7.44. The Hall–Kier alpha value is -0.550. The van der Waals surface area contributed by atoms with Crippen LogP contribution in [0.25, 0.3) is 0 Å². The third kappa shape index (κ3) is 2.98. The lowest BCUT2D eigenvalue weighted by molar-refractivity contribution is -0.142. The zero-order chi connectivity index (χ0) is 11.4. The predicted molar refractivity (Wildman–Crippen MR) is 66.9 cm³/mol. The zero-order valence-corrected chi connectivity index (χ0v) is 10.9. The number of thiazole rings is 1. The van der Waals surface area contributed by atoms with Crippen LogP contribution in [0.4, 0.5) is 0 Å². The molecular weight excluding hydrogens is 242 g/mol. The molecule has 0 saturated carbocycles. The van der Waals surface area contributed by atoms with Crippen LogP contribution in [0.3, 0.4) is 0 Å². The summed E-state index contributed by atoms with van der Waals surface area (Å²) >= 11 is 3.64. The Balaban J connectivity index is 1.93. The molecule has 1 aliphatic heterocycles. The maximum atomic E-state index is 11.3. The molecule has 0 N–H and O–H groups in total. The Morgan fingerprint density at radius 2 is 2.56 bits per heavy atom. The van der Waals surface area contributed by atoms with E-state index in [9.17, 15) is 4.79 Å². The number of aromatic nitrogens is 1. The van der Waals surface area contributed by atoms with Crippen LogP contribution in [0, 0.1) is 0 Å². The molecule has 0 radical (unpaired) electrons. The molecule has 1 aliphatic rings. The van der Waals surface area contributed by atoms with E-state index in [0.29, 0.717) is 18.3 Å². The maximum Gasteiger partial charge on any atom is 0.311 e. The molecule has 5 heteroatoms. The molecule has 0 bridgehead atoms. The Labute approximate surface area is 104 Å². The molecule has 1 saturated heterocycles. The lowest BCUT2D eigenvalue weighted by Crippen LogP contribution is -2.07. The monoisotopic (exact) mass is 257 g/mol. The van der Waals surface area contributed by atoms with E-state index in [1.165, 1.54) is 23.6 Å². The number of rotatable bonds is 4. The number of carbonyl (C=O) groups excluding carboxylic acids is 1. The van der Waals surface area contributed by atoms with Crippen molar-refractivity contribution in [1.82, 2.24) is 4.98 Å². The summed E-state index contributed by atoms with van der Waals surface area (Å²) in [5, 5.41) is 3.70. The fourth-order valence-corrected chi connectivity index (χ4v) is 4.03. The van der Waals surface area contributed by atoms with Gasteiger partial charge in [0.15, 0.2) is 0 Å². The van der Waals surface area contributed by atoms with E-state index >= 15 is 0 Å². The molecule has 1 fully saturated rings. The molecule has 1 atom stereocenters. The molecule has 0 aliphatic carbocycles. The number of thioether (sulfide) groups is 1. The van der Waals surface area contributed by atoms with Gasteiger partial charge in [0, 0.05) is 5.38 Å². The van der Waals surface area contributed by atoms with E-state index in [1.807, 2.05) is 24.1 Å². The summed E-state index contributed by atoms with van der Waals surface area (Å²) in [5.74, 6) is 1.05. The van der Waals surface area contributed by atoms with Gasteiger partial charge in [0.25, 0.3) is 0 Å². The van der Waals surface area contributed by atoms with Gasteiger partial charge in [0.1, 0.15) is 5.01 Å². The van der Waals surface area contributed by atoms with Gasteiger partial charge in [-0.2, -0.15) is 11.8 Å². The van der Waals surface area contributed by atoms with Gasteiger partial charge >= 0.3 is 5.97 Å². The summed E-state index contributed by atoms with van der Waals surface area (Å²) in [7, 11) is 0. The average molecular weight is 257 g/mol. The van der Waals surface area contributed by atoms with E-state index in [-0.39, 0.29) is 5.97 Å². The lowest BCUT2D eigenvalue weighted by atomic mass is 10.2. The third-order valence-electron chi connectivity index (χ3n) is 2.41. The number of carbonyl (C=O) groups is 1. The first-order valence-electron chi connectivity index (χ1n) is 5.51. The molecule has 0 aromatic carbocycles. The molecule has 1 aromatic heterocycles. The van der Waals surface area contributed by atoms with E-state index in [2.05, 4.69) is 4.98 Å². The smallest absolute Gasteiger partial charge is 0.311 e. The van der Waals surface area contributed by atoms with Crippen molar-refractivity contribution in [1.29, 1.82) is 0 Å². The summed E-state index contributed by atoms with van der Waals surface area (Å²) in [4.78, 5) is 15.8. The van der Waals surface area contributed by atoms with Crippen LogP contribution < -0.4 is 0 Å². The summed E-state index contributed by atoms with van der Waals surface area (Å²) in [5.41, 5.74) is 0.853. The summed E-state index contributed by atoms with van der Waals surface area (Å²) < 4.78 is 4.90. The molecule has 1 unspecified atom stereocenters. The predicted octanol–water partition coefficient (Wildman–Crippen LogP) is 2.82. The fraction of sp³-hybridized carbons (Fsp3) is 0.636. The van der Waals surface area contributed by atoms with Crippen molar-refractivity contribution in [2.24, 2.45) is 0 Å². The average Bonchev–Trinajstić information content (AvgIpc) is 2.86. The highest BCUT2D eigenvalue weighted by molar-refractivity contribution is 7.99. The topological polar surface area (TPSA) is 39.2 Å². The van der Waals surface area contributed by atoms with E-state index in [4.69, 9.17) is 4.74 Å². The van der Waals surface area contributed by atoms with Gasteiger partial charge in [-0.05, 0) is 25.5 Å². The molecule has 2 heterocycles. The number of hydrogen-bond donors (Lipinski definition) is 0. The van der Waals surface area contributed by atoms with Crippen molar-refractivity contribution in [2.75, 3.05) is 12.4 Å². The van der Waals surface area contributed by atoms with E-state index < -0.39 is 0 Å². The number of hydrogen-bond acceptors (Lipinski definition) is 5. The van der Waals surface area contributed by atoms with Crippen molar-refractivity contribution in [3.05, 3.63) is 16.1 Å². The van der Waals surface area contributed by atoms with Gasteiger partial charge in [-0.1, -0.05) is 0 Å². The van der Waals surface area contributed by atoms with Gasteiger partial charge in [-0.25, -0.2) is 4.98 Å². The molecule has 3 nitrogen and oxygen atoms in total. The third-order valence-corrected chi connectivity index (χ3v) is 4.95. The SMILES string of the molecule is CCOC(=O)Cc1csc(C2CCCS2)n1. The Morgan fingerprint density at radius 3 is 3.25 bits per heavy atom. The van der Waals surface area contributed by atoms with Crippen molar-refractivity contribution in [3.63, 3.8) is 0 Å². The quantitative estimate of drug-likeness (QED) is 0.778. The second-order valence-electron chi connectivity index (χ2n) is 3.66. The Kier molecular flexibility index (Phi) is 4.23. The van der Waals surface area contributed by atoms with Crippen molar-refractivity contribution in [3.8, 4) is 0 Å². The minimum absolute atomic E-state index is 0.182. The molecular formula is C11H15NO2S2. The minimum Gasteiger partial charge on any atom is -0.466 e. The van der Waals surface area contributed by atoms with Crippen LogP contribution in [0.5, 0.6) is 0 Å². The molecule has 2 rings (SSSR count). The second-order valence-corrected chi connectivity index (χ2v) is 5.86. The maximum absolute atomic E-state index is 11.3. The van der Waals surface area contributed by atoms with E-state index in [0.717, 1.165) is 5.69 Å². The Bertz CT molecular complexity index is 359. The molecule has 1 aromatic rings. The van der Waals surface area contributed by atoms with Crippen LogP contribution in [0.1, 0.15) is 35.7 Å². The second kappa shape index (κ2) is 5.68. The van der Waals surface area contributed by atoms with E-state index in [1.54, 1.807) is 11.3 Å².